The van der Waals surface area contributed by atoms with Crippen LogP contribution in [0.1, 0.15) is 46.1 Å². The maximum absolute atomic E-state index is 11.8. The minimum atomic E-state index is 0.0246. The van der Waals surface area contributed by atoms with E-state index in [1.807, 2.05) is 18.2 Å². The van der Waals surface area contributed by atoms with Crippen LogP contribution in [0.4, 0.5) is 0 Å². The van der Waals surface area contributed by atoms with E-state index in [1.165, 1.54) is 0 Å². The summed E-state index contributed by atoms with van der Waals surface area (Å²) in [6.45, 7) is 9.71. The van der Waals surface area contributed by atoms with E-state index in [4.69, 9.17) is 0 Å². The molecule has 0 spiro atoms. The van der Waals surface area contributed by atoms with Crippen LogP contribution in [-0.4, -0.2) is 43.4 Å². The van der Waals surface area contributed by atoms with Gasteiger partial charge in [-0.05, 0) is 30.7 Å². The fourth-order valence-electron chi connectivity index (χ4n) is 2.18. The molecule has 0 saturated carbocycles. The molecule has 1 rings (SSSR count). The van der Waals surface area contributed by atoms with Gasteiger partial charge >= 0.3 is 0 Å². The molecule has 1 unspecified atom stereocenters. The van der Waals surface area contributed by atoms with Gasteiger partial charge in [0.2, 0.25) is 5.91 Å². The number of likely N-dealkylation sites (N-methyl/N-ethyl adjacent to an activating group) is 1. The highest BCUT2D eigenvalue weighted by molar-refractivity contribution is 5.86. The van der Waals surface area contributed by atoms with Gasteiger partial charge in [0.15, 0.2) is 5.96 Å². The predicted molar refractivity (Wildman–Crippen MR) is 106 cm³/mol. The standard InChI is InChI=1S/C20H34N4O/c1-16(12-13-20(2,3)4)23-19(22-15-18(25)24(5)6)21-14-17-10-8-7-9-11-17/h7-11,16H,12-15H2,1-6H3,(H2,21,22,23). The molecule has 0 radical (unpaired) electrons. The van der Waals surface area contributed by atoms with Crippen LogP contribution < -0.4 is 10.6 Å². The van der Waals surface area contributed by atoms with Gasteiger partial charge in [0, 0.05) is 20.1 Å². The Morgan fingerprint density at radius 1 is 1.20 bits per heavy atom. The molecule has 1 aromatic rings. The normalized spacial score (nSPS) is 13.3. The summed E-state index contributed by atoms with van der Waals surface area (Å²) in [4.78, 5) is 18.1. The van der Waals surface area contributed by atoms with Gasteiger partial charge in [0.25, 0.3) is 0 Å². The second-order valence-electron chi connectivity index (χ2n) is 7.94. The third-order valence-corrected chi connectivity index (χ3v) is 3.88. The minimum absolute atomic E-state index is 0.0246. The van der Waals surface area contributed by atoms with Gasteiger partial charge in [-0.1, -0.05) is 51.1 Å². The number of carbonyl (C=O) groups is 1. The SMILES string of the molecule is CC(CCC(C)(C)C)NC(=NCc1ccccc1)NCC(=O)N(C)C. The van der Waals surface area contributed by atoms with Crippen molar-refractivity contribution in [1.29, 1.82) is 0 Å². The van der Waals surface area contributed by atoms with E-state index < -0.39 is 0 Å². The van der Waals surface area contributed by atoms with E-state index >= 15 is 0 Å². The molecule has 0 fully saturated rings. The largest absolute Gasteiger partial charge is 0.354 e. The Morgan fingerprint density at radius 2 is 1.84 bits per heavy atom. The van der Waals surface area contributed by atoms with Crippen LogP contribution in [-0.2, 0) is 11.3 Å². The summed E-state index contributed by atoms with van der Waals surface area (Å²) in [6, 6.07) is 10.4. The molecule has 5 heteroatoms. The Morgan fingerprint density at radius 3 is 2.40 bits per heavy atom. The number of hydrogen-bond acceptors (Lipinski definition) is 2. The molecule has 25 heavy (non-hydrogen) atoms. The second kappa shape index (κ2) is 10.1. The maximum atomic E-state index is 11.8. The summed E-state index contributed by atoms with van der Waals surface area (Å²) in [5.41, 5.74) is 1.45. The molecule has 0 heterocycles. The summed E-state index contributed by atoms with van der Waals surface area (Å²) < 4.78 is 0. The lowest BCUT2D eigenvalue weighted by atomic mass is 9.89. The van der Waals surface area contributed by atoms with Crippen molar-refractivity contribution in [2.24, 2.45) is 10.4 Å². The second-order valence-corrected chi connectivity index (χ2v) is 7.94. The van der Waals surface area contributed by atoms with Crippen molar-refractivity contribution in [3.63, 3.8) is 0 Å². The lowest BCUT2D eigenvalue weighted by molar-refractivity contribution is -0.127. The third kappa shape index (κ3) is 9.75. The fourth-order valence-corrected chi connectivity index (χ4v) is 2.18. The first-order valence-electron chi connectivity index (χ1n) is 8.96. The van der Waals surface area contributed by atoms with Crippen molar-refractivity contribution in [2.75, 3.05) is 20.6 Å². The maximum Gasteiger partial charge on any atom is 0.241 e. The Bertz CT molecular complexity index is 547. The number of benzene rings is 1. The fraction of sp³-hybridized carbons (Fsp3) is 0.600. The van der Waals surface area contributed by atoms with Crippen LogP contribution in [0.25, 0.3) is 0 Å². The van der Waals surface area contributed by atoms with E-state index in [2.05, 4.69) is 55.5 Å². The molecule has 0 aromatic heterocycles. The molecule has 1 aromatic carbocycles. The number of rotatable bonds is 7. The van der Waals surface area contributed by atoms with Crippen molar-refractivity contribution in [1.82, 2.24) is 15.5 Å². The summed E-state index contributed by atoms with van der Waals surface area (Å²) in [5, 5.41) is 6.57. The van der Waals surface area contributed by atoms with Gasteiger partial charge in [-0.25, -0.2) is 4.99 Å². The molecule has 0 aliphatic carbocycles. The monoisotopic (exact) mass is 346 g/mol. The Balaban J connectivity index is 2.67. The zero-order valence-electron chi connectivity index (χ0n) is 16.6. The van der Waals surface area contributed by atoms with Crippen LogP contribution in [0.5, 0.6) is 0 Å². The Labute approximate surface area is 152 Å². The van der Waals surface area contributed by atoms with Crippen LogP contribution in [0.15, 0.2) is 35.3 Å². The van der Waals surface area contributed by atoms with Crippen LogP contribution >= 0.6 is 0 Å². The summed E-state index contributed by atoms with van der Waals surface area (Å²) >= 11 is 0. The van der Waals surface area contributed by atoms with Crippen molar-refractivity contribution < 1.29 is 4.79 Å². The molecule has 0 bridgehead atoms. The molecule has 0 aliphatic rings. The highest BCUT2D eigenvalue weighted by Gasteiger charge is 2.14. The van der Waals surface area contributed by atoms with Crippen LogP contribution in [0, 0.1) is 5.41 Å². The van der Waals surface area contributed by atoms with Gasteiger partial charge in [-0.15, -0.1) is 0 Å². The Kier molecular flexibility index (Phi) is 8.46. The molecular weight excluding hydrogens is 312 g/mol. The number of carbonyl (C=O) groups excluding carboxylic acids is 1. The highest BCUT2D eigenvalue weighted by Crippen LogP contribution is 2.21. The molecule has 1 amide bonds. The van der Waals surface area contributed by atoms with Gasteiger partial charge in [0.05, 0.1) is 13.1 Å². The first-order chi connectivity index (χ1) is 11.7. The van der Waals surface area contributed by atoms with E-state index in [0.29, 0.717) is 17.9 Å². The molecular formula is C20H34N4O. The number of amides is 1. The number of aliphatic imine (C=N–C) groups is 1. The van der Waals surface area contributed by atoms with Crippen molar-refractivity contribution in [3.8, 4) is 0 Å². The molecule has 140 valence electrons. The molecule has 0 saturated heterocycles. The quantitative estimate of drug-likeness (QED) is 0.589. The van der Waals surface area contributed by atoms with E-state index in [0.717, 1.165) is 18.4 Å². The van der Waals surface area contributed by atoms with E-state index in [1.54, 1.807) is 19.0 Å². The molecule has 2 N–H and O–H groups in total. The van der Waals surface area contributed by atoms with Crippen molar-refractivity contribution in [2.45, 2.75) is 53.1 Å². The van der Waals surface area contributed by atoms with Gasteiger partial charge in [0.1, 0.15) is 0 Å². The van der Waals surface area contributed by atoms with Gasteiger partial charge in [-0.2, -0.15) is 0 Å². The van der Waals surface area contributed by atoms with Crippen LogP contribution in [0.2, 0.25) is 0 Å². The average molecular weight is 347 g/mol. The number of nitrogens with one attached hydrogen (secondary N) is 2. The number of guanidine groups is 1. The lowest BCUT2D eigenvalue weighted by Gasteiger charge is -2.23. The summed E-state index contributed by atoms with van der Waals surface area (Å²) in [5.74, 6) is 0.706. The van der Waals surface area contributed by atoms with Gasteiger partial charge in [-0.3, -0.25) is 4.79 Å². The smallest absolute Gasteiger partial charge is 0.241 e. The average Bonchev–Trinajstić information content (AvgIpc) is 2.55. The topological polar surface area (TPSA) is 56.7 Å². The zero-order valence-corrected chi connectivity index (χ0v) is 16.6. The zero-order chi connectivity index (χ0) is 18.9. The first kappa shape index (κ1) is 21.0. The van der Waals surface area contributed by atoms with Crippen LogP contribution in [0.3, 0.4) is 0 Å². The number of nitrogens with zero attached hydrogens (tertiary/aromatic N) is 2. The molecule has 1 atom stereocenters. The van der Waals surface area contributed by atoms with E-state index in [-0.39, 0.29) is 18.5 Å². The van der Waals surface area contributed by atoms with Crippen molar-refractivity contribution in [3.05, 3.63) is 35.9 Å². The minimum Gasteiger partial charge on any atom is -0.354 e. The highest BCUT2D eigenvalue weighted by atomic mass is 16.2. The molecule has 0 aliphatic heterocycles. The lowest BCUT2D eigenvalue weighted by Crippen LogP contribution is -2.46. The number of hydrogen-bond donors (Lipinski definition) is 2. The predicted octanol–water partition coefficient (Wildman–Crippen LogP) is 3.02. The third-order valence-electron chi connectivity index (χ3n) is 3.88. The summed E-state index contributed by atoms with van der Waals surface area (Å²) in [6.07, 6.45) is 2.18. The van der Waals surface area contributed by atoms with Crippen molar-refractivity contribution >= 4 is 11.9 Å². The summed E-state index contributed by atoms with van der Waals surface area (Å²) in [7, 11) is 3.51. The Hall–Kier alpha value is -2.04. The van der Waals surface area contributed by atoms with E-state index in [9.17, 15) is 4.79 Å². The van der Waals surface area contributed by atoms with Gasteiger partial charge < -0.3 is 15.5 Å². The molecule has 5 nitrogen and oxygen atoms in total. The first-order valence-corrected chi connectivity index (χ1v) is 8.96.